The Balaban J connectivity index is 1.33. The number of carbonyl (C=O) groups is 2. The number of aryl methyl sites for hydroxylation is 2. The smallest absolute Gasteiger partial charge is 0.417 e. The Morgan fingerprint density at radius 3 is 1.33 bits per heavy atom. The zero-order valence-electron chi connectivity index (χ0n) is 26.6. The molecular formula is C40H32N2O6S. The molecule has 0 aliphatic rings. The van der Waals surface area contributed by atoms with Gasteiger partial charge in [-0.15, -0.1) is 0 Å². The molecule has 0 unspecified atom stereocenters. The first-order valence-corrected chi connectivity index (χ1v) is 16.2. The van der Waals surface area contributed by atoms with Crippen molar-refractivity contribution in [3.8, 4) is 45.3 Å². The fourth-order valence-corrected chi connectivity index (χ4v) is 6.03. The van der Waals surface area contributed by atoms with Crippen molar-refractivity contribution >= 4 is 35.3 Å². The van der Waals surface area contributed by atoms with Crippen LogP contribution < -0.4 is 20.1 Å². The highest BCUT2D eigenvalue weighted by molar-refractivity contribution is 7.99. The van der Waals surface area contributed by atoms with Crippen molar-refractivity contribution in [1.82, 2.24) is 0 Å². The molecule has 6 aromatic rings. The maximum Gasteiger partial charge on any atom is 0.417 e. The molecule has 0 aromatic heterocycles. The molecule has 6 aromatic carbocycles. The molecule has 0 aliphatic heterocycles. The number of benzene rings is 6. The van der Waals surface area contributed by atoms with E-state index in [4.69, 9.17) is 9.47 Å². The van der Waals surface area contributed by atoms with Gasteiger partial charge in [0.05, 0.1) is 11.4 Å². The van der Waals surface area contributed by atoms with Gasteiger partial charge in [0.15, 0.2) is 0 Å². The van der Waals surface area contributed by atoms with Crippen molar-refractivity contribution in [1.29, 1.82) is 0 Å². The molecule has 0 spiro atoms. The zero-order chi connectivity index (χ0) is 34.3. The van der Waals surface area contributed by atoms with E-state index >= 15 is 0 Å². The number of phenolic OH excluding ortho intramolecular Hbond substituents is 2. The number of amides is 2. The fourth-order valence-electron chi connectivity index (χ4n) is 5.13. The first kappa shape index (κ1) is 32.7. The highest BCUT2D eigenvalue weighted by Crippen LogP contribution is 2.40. The highest BCUT2D eigenvalue weighted by Gasteiger charge is 2.16. The van der Waals surface area contributed by atoms with Crippen LogP contribution in [0.1, 0.15) is 11.1 Å². The van der Waals surface area contributed by atoms with Gasteiger partial charge in [0.25, 0.3) is 0 Å². The molecule has 6 rings (SSSR count). The Labute approximate surface area is 288 Å². The summed E-state index contributed by atoms with van der Waals surface area (Å²) in [7, 11) is 0. The summed E-state index contributed by atoms with van der Waals surface area (Å²) in [6.07, 6.45) is -1.30. The summed E-state index contributed by atoms with van der Waals surface area (Å²) in [5.74, 6) is 1.17. The summed E-state index contributed by atoms with van der Waals surface area (Å²) < 4.78 is 11.0. The second-order valence-electron chi connectivity index (χ2n) is 11.2. The average Bonchev–Trinajstić information content (AvgIpc) is 3.08. The number of para-hydroxylation sites is 2. The normalized spacial score (nSPS) is 10.7. The van der Waals surface area contributed by atoms with Crippen LogP contribution in [0, 0.1) is 13.8 Å². The van der Waals surface area contributed by atoms with Crippen LogP contribution in [0.3, 0.4) is 0 Å². The van der Waals surface area contributed by atoms with Crippen LogP contribution in [0.5, 0.6) is 23.0 Å². The van der Waals surface area contributed by atoms with E-state index in [1.165, 1.54) is 11.8 Å². The monoisotopic (exact) mass is 668 g/mol. The van der Waals surface area contributed by atoms with Gasteiger partial charge in [-0.05, 0) is 109 Å². The lowest BCUT2D eigenvalue weighted by Crippen LogP contribution is -2.17. The van der Waals surface area contributed by atoms with Crippen molar-refractivity contribution in [2.24, 2.45) is 0 Å². The largest absolute Gasteiger partial charge is 0.508 e. The minimum atomic E-state index is -0.651. The third-order valence-corrected chi connectivity index (χ3v) is 8.59. The maximum atomic E-state index is 13.0. The van der Waals surface area contributed by atoms with E-state index in [9.17, 15) is 19.8 Å². The SMILES string of the molecule is Cc1cc(-c2ccc(Sc3ccc(-c4ccc(O)c(C)c4)c(NC(=O)Oc4ccccc4)c3)cc2NC(=O)Oc2ccccc2)ccc1O. The van der Waals surface area contributed by atoms with Gasteiger partial charge in [0, 0.05) is 20.9 Å². The molecule has 0 aliphatic carbocycles. The summed E-state index contributed by atoms with van der Waals surface area (Å²) in [6.45, 7) is 3.62. The van der Waals surface area contributed by atoms with Gasteiger partial charge in [-0.25, -0.2) is 9.59 Å². The van der Waals surface area contributed by atoms with Crippen LogP contribution in [0.15, 0.2) is 143 Å². The predicted octanol–water partition coefficient (Wildman–Crippen LogP) is 10.4. The molecule has 8 nitrogen and oxygen atoms in total. The van der Waals surface area contributed by atoms with Gasteiger partial charge >= 0.3 is 12.2 Å². The van der Waals surface area contributed by atoms with Crippen molar-refractivity contribution < 1.29 is 29.3 Å². The number of nitrogens with one attached hydrogen (secondary N) is 2. The van der Waals surface area contributed by atoms with E-state index < -0.39 is 12.2 Å². The molecule has 0 atom stereocenters. The molecule has 0 fully saturated rings. The van der Waals surface area contributed by atoms with Crippen molar-refractivity contribution in [3.05, 3.63) is 145 Å². The van der Waals surface area contributed by atoms with Crippen molar-refractivity contribution in [2.75, 3.05) is 10.6 Å². The summed E-state index contributed by atoms with van der Waals surface area (Å²) in [5.41, 5.74) is 5.50. The van der Waals surface area contributed by atoms with Gasteiger partial charge in [0.1, 0.15) is 23.0 Å². The Morgan fingerprint density at radius 2 is 0.939 bits per heavy atom. The lowest BCUT2D eigenvalue weighted by molar-refractivity contribution is 0.214. The van der Waals surface area contributed by atoms with Crippen LogP contribution in [-0.2, 0) is 0 Å². The molecule has 0 saturated carbocycles. The molecule has 49 heavy (non-hydrogen) atoms. The fraction of sp³-hybridized carbons (Fsp3) is 0.0500. The van der Waals surface area contributed by atoms with Gasteiger partial charge in [-0.2, -0.15) is 0 Å². The number of rotatable bonds is 8. The van der Waals surface area contributed by atoms with Crippen LogP contribution in [-0.4, -0.2) is 22.4 Å². The zero-order valence-corrected chi connectivity index (χ0v) is 27.5. The Bertz CT molecular complexity index is 1980. The summed E-state index contributed by atoms with van der Waals surface area (Å²) >= 11 is 1.43. The molecule has 0 bridgehead atoms. The Kier molecular flexibility index (Phi) is 9.83. The van der Waals surface area contributed by atoms with Gasteiger partial charge in [0.2, 0.25) is 0 Å². The number of phenols is 2. The third kappa shape index (κ3) is 8.22. The lowest BCUT2D eigenvalue weighted by atomic mass is 10.0. The Hall–Kier alpha value is -6.19. The van der Waals surface area contributed by atoms with Crippen molar-refractivity contribution in [2.45, 2.75) is 23.6 Å². The first-order valence-electron chi connectivity index (χ1n) is 15.4. The standard InChI is InChI=1S/C40H32N2O6S/c1-25-21-27(13-19-37(25)43)33-17-15-31(23-35(33)41-39(45)47-29-9-5-3-6-10-29)49-32-16-18-34(28-14-20-38(44)26(2)22-28)36(24-32)42-40(46)48-30-11-7-4-8-12-30/h3-24,43-44H,1-2H3,(H,41,45)(H,42,46). The number of hydrogen-bond donors (Lipinski definition) is 4. The number of ether oxygens (including phenoxy) is 2. The first-order chi connectivity index (χ1) is 23.7. The van der Waals surface area contributed by atoms with Crippen LogP contribution in [0.25, 0.3) is 22.3 Å². The van der Waals surface area contributed by atoms with Gasteiger partial charge in [-0.3, -0.25) is 10.6 Å². The summed E-state index contributed by atoms with van der Waals surface area (Å²) in [5, 5.41) is 26.0. The van der Waals surface area contributed by atoms with E-state index in [0.29, 0.717) is 34.0 Å². The molecule has 9 heteroatoms. The lowest BCUT2D eigenvalue weighted by Gasteiger charge is -2.16. The summed E-state index contributed by atoms with van der Waals surface area (Å²) in [6, 6.07) is 39.4. The van der Waals surface area contributed by atoms with E-state index in [1.807, 2.05) is 74.5 Å². The molecule has 4 N–H and O–H groups in total. The second-order valence-corrected chi connectivity index (χ2v) is 12.3. The molecular weight excluding hydrogens is 637 g/mol. The number of aromatic hydroxyl groups is 2. The third-order valence-electron chi connectivity index (χ3n) is 7.61. The predicted molar refractivity (Wildman–Crippen MR) is 193 cm³/mol. The minimum Gasteiger partial charge on any atom is -0.508 e. The van der Waals surface area contributed by atoms with Crippen LogP contribution in [0.2, 0.25) is 0 Å². The van der Waals surface area contributed by atoms with E-state index in [0.717, 1.165) is 32.0 Å². The van der Waals surface area contributed by atoms with E-state index in [-0.39, 0.29) is 11.5 Å². The summed E-state index contributed by atoms with van der Waals surface area (Å²) in [4.78, 5) is 27.6. The second kappa shape index (κ2) is 14.7. The maximum absolute atomic E-state index is 13.0. The quantitative estimate of drug-likeness (QED) is 0.127. The van der Waals surface area contributed by atoms with Gasteiger partial charge < -0.3 is 19.7 Å². The number of anilines is 2. The molecule has 0 heterocycles. The van der Waals surface area contributed by atoms with Crippen LogP contribution >= 0.6 is 11.8 Å². The average molecular weight is 669 g/mol. The van der Waals surface area contributed by atoms with E-state index in [1.54, 1.807) is 72.8 Å². The molecule has 0 radical (unpaired) electrons. The van der Waals surface area contributed by atoms with Crippen LogP contribution in [0.4, 0.5) is 21.0 Å². The highest BCUT2D eigenvalue weighted by atomic mass is 32.2. The topological polar surface area (TPSA) is 117 Å². The minimum absolute atomic E-state index is 0.178. The number of carbonyl (C=O) groups excluding carboxylic acids is 2. The molecule has 2 amide bonds. The number of hydrogen-bond acceptors (Lipinski definition) is 7. The van der Waals surface area contributed by atoms with Crippen molar-refractivity contribution in [3.63, 3.8) is 0 Å². The Morgan fingerprint density at radius 1 is 0.531 bits per heavy atom. The molecule has 244 valence electrons. The van der Waals surface area contributed by atoms with Gasteiger partial charge in [-0.1, -0.05) is 72.4 Å². The van der Waals surface area contributed by atoms with E-state index in [2.05, 4.69) is 10.6 Å². The molecule has 0 saturated heterocycles.